The number of nitrogens with two attached hydrogens (primary N) is 1. The summed E-state index contributed by atoms with van der Waals surface area (Å²) in [6.45, 7) is 5.96. The molecule has 1 aliphatic heterocycles. The minimum atomic E-state index is 0.417. The summed E-state index contributed by atoms with van der Waals surface area (Å²) in [5.74, 6) is 2.81. The molecule has 4 nitrogen and oxygen atoms in total. The Morgan fingerprint density at radius 3 is 2.50 bits per heavy atom. The fourth-order valence-electron chi connectivity index (χ4n) is 2.34. The Labute approximate surface area is 96.8 Å². The molecule has 0 aliphatic carbocycles. The molecule has 0 spiro atoms. The van der Waals surface area contributed by atoms with Crippen LogP contribution in [-0.4, -0.2) is 22.8 Å². The number of hydrogen-bond acceptors (Lipinski definition) is 3. The number of nitrogen functional groups attached to an aromatic ring is 1. The first-order valence-electron chi connectivity index (χ1n) is 6.01. The first-order valence-corrected chi connectivity index (χ1v) is 6.01. The predicted octanol–water partition coefficient (Wildman–Crippen LogP) is 2.02. The molecule has 2 N–H and O–H groups in total. The maximum atomic E-state index is 6.13. The van der Waals surface area contributed by atoms with E-state index in [1.807, 2.05) is 11.6 Å². The average Bonchev–Trinajstić information content (AvgIpc) is 2.58. The molecule has 0 radical (unpaired) electrons. The number of aromatic nitrogens is 2. The van der Waals surface area contributed by atoms with E-state index in [-0.39, 0.29) is 0 Å². The maximum Gasteiger partial charge on any atom is 0.126 e. The van der Waals surface area contributed by atoms with Gasteiger partial charge in [0.15, 0.2) is 0 Å². The lowest BCUT2D eigenvalue weighted by molar-refractivity contribution is 0.0847. The van der Waals surface area contributed by atoms with E-state index in [0.717, 1.165) is 43.4 Å². The highest BCUT2D eigenvalue weighted by Crippen LogP contribution is 2.31. The molecule has 1 aromatic rings. The van der Waals surface area contributed by atoms with E-state index in [1.54, 1.807) is 0 Å². The van der Waals surface area contributed by atoms with Crippen LogP contribution in [0.25, 0.3) is 0 Å². The van der Waals surface area contributed by atoms with Gasteiger partial charge in [0.05, 0.1) is 5.69 Å². The van der Waals surface area contributed by atoms with Crippen molar-refractivity contribution in [1.29, 1.82) is 0 Å². The van der Waals surface area contributed by atoms with Crippen LogP contribution in [0.5, 0.6) is 0 Å². The molecule has 0 saturated carbocycles. The number of imidazole rings is 1. The molecule has 90 valence electrons. The third-order valence-electron chi connectivity index (χ3n) is 3.33. The van der Waals surface area contributed by atoms with Crippen molar-refractivity contribution in [1.82, 2.24) is 9.55 Å². The minimum absolute atomic E-state index is 0.417. The Morgan fingerprint density at radius 1 is 1.38 bits per heavy atom. The van der Waals surface area contributed by atoms with Gasteiger partial charge < -0.3 is 15.0 Å². The Balaban J connectivity index is 2.30. The summed E-state index contributed by atoms with van der Waals surface area (Å²) in [5, 5.41) is 0. The molecule has 1 saturated heterocycles. The zero-order chi connectivity index (χ0) is 11.7. The average molecular weight is 223 g/mol. The van der Waals surface area contributed by atoms with Crippen LogP contribution in [0.15, 0.2) is 0 Å². The number of anilines is 1. The largest absolute Gasteiger partial charge is 0.384 e. The quantitative estimate of drug-likeness (QED) is 0.834. The third-order valence-corrected chi connectivity index (χ3v) is 3.33. The van der Waals surface area contributed by atoms with Gasteiger partial charge in [-0.2, -0.15) is 0 Å². The van der Waals surface area contributed by atoms with Gasteiger partial charge in [-0.25, -0.2) is 4.98 Å². The second-order valence-electron chi connectivity index (χ2n) is 4.84. The van der Waals surface area contributed by atoms with E-state index in [1.165, 1.54) is 0 Å². The Kier molecular flexibility index (Phi) is 3.19. The highest BCUT2D eigenvalue weighted by molar-refractivity contribution is 5.41. The van der Waals surface area contributed by atoms with Crippen LogP contribution in [0.1, 0.15) is 50.0 Å². The van der Waals surface area contributed by atoms with Crippen molar-refractivity contribution in [3.05, 3.63) is 11.5 Å². The van der Waals surface area contributed by atoms with E-state index >= 15 is 0 Å². The second-order valence-corrected chi connectivity index (χ2v) is 4.84. The molecule has 0 bridgehead atoms. The third kappa shape index (κ3) is 1.94. The maximum absolute atomic E-state index is 6.13. The van der Waals surface area contributed by atoms with Gasteiger partial charge in [-0.05, 0) is 12.8 Å². The molecule has 1 fully saturated rings. The molecule has 2 rings (SSSR count). The van der Waals surface area contributed by atoms with Gasteiger partial charge in [0, 0.05) is 32.1 Å². The Bertz CT molecular complexity index is 365. The van der Waals surface area contributed by atoms with E-state index in [4.69, 9.17) is 15.5 Å². The molecule has 4 heteroatoms. The number of rotatable bonds is 2. The molecule has 16 heavy (non-hydrogen) atoms. The summed E-state index contributed by atoms with van der Waals surface area (Å²) in [4.78, 5) is 4.71. The van der Waals surface area contributed by atoms with Crippen LogP contribution in [0, 0.1) is 0 Å². The van der Waals surface area contributed by atoms with Crippen LogP contribution < -0.4 is 5.73 Å². The van der Waals surface area contributed by atoms with Crippen LogP contribution >= 0.6 is 0 Å². The van der Waals surface area contributed by atoms with Crippen LogP contribution in [0.2, 0.25) is 0 Å². The normalized spacial score (nSPS) is 18.2. The number of nitrogens with zero attached hydrogens (tertiary/aromatic N) is 2. The predicted molar refractivity (Wildman–Crippen MR) is 64.5 cm³/mol. The van der Waals surface area contributed by atoms with Crippen molar-refractivity contribution in [2.75, 3.05) is 18.9 Å². The van der Waals surface area contributed by atoms with Gasteiger partial charge in [0.2, 0.25) is 0 Å². The highest BCUT2D eigenvalue weighted by atomic mass is 16.5. The summed E-state index contributed by atoms with van der Waals surface area (Å²) in [6, 6.07) is 0. The smallest absolute Gasteiger partial charge is 0.126 e. The summed E-state index contributed by atoms with van der Waals surface area (Å²) in [7, 11) is 2.00. The van der Waals surface area contributed by atoms with Gasteiger partial charge in [-0.15, -0.1) is 0 Å². The summed E-state index contributed by atoms with van der Waals surface area (Å²) >= 11 is 0. The fraction of sp³-hybridized carbons (Fsp3) is 0.750. The van der Waals surface area contributed by atoms with E-state index in [9.17, 15) is 0 Å². The number of ether oxygens (including phenoxy) is 1. The van der Waals surface area contributed by atoms with Gasteiger partial charge in [0.25, 0.3) is 0 Å². The van der Waals surface area contributed by atoms with Gasteiger partial charge in [0.1, 0.15) is 11.6 Å². The highest BCUT2D eigenvalue weighted by Gasteiger charge is 2.24. The standard InChI is InChI=1S/C12H21N3O/c1-8(2)12-14-10(11(13)15(12)3)9-4-6-16-7-5-9/h8-9H,4-7,13H2,1-3H3. The lowest BCUT2D eigenvalue weighted by Gasteiger charge is -2.20. The topological polar surface area (TPSA) is 53.1 Å². The van der Waals surface area contributed by atoms with Gasteiger partial charge in [-0.1, -0.05) is 13.8 Å². The van der Waals surface area contributed by atoms with E-state index in [0.29, 0.717) is 11.8 Å². The lowest BCUT2D eigenvalue weighted by atomic mass is 9.96. The SMILES string of the molecule is CC(C)c1nc(C2CCOCC2)c(N)n1C. The van der Waals surface area contributed by atoms with Crippen molar-refractivity contribution in [3.8, 4) is 0 Å². The monoisotopic (exact) mass is 223 g/mol. The first kappa shape index (κ1) is 11.5. The fourth-order valence-corrected chi connectivity index (χ4v) is 2.34. The van der Waals surface area contributed by atoms with Gasteiger partial charge >= 0.3 is 0 Å². The molecule has 0 atom stereocenters. The molecular weight excluding hydrogens is 202 g/mol. The molecule has 0 aromatic carbocycles. The molecular formula is C12H21N3O. The van der Waals surface area contributed by atoms with Crippen molar-refractivity contribution in [2.45, 2.75) is 38.5 Å². The summed E-state index contributed by atoms with van der Waals surface area (Å²) in [6.07, 6.45) is 2.08. The summed E-state index contributed by atoms with van der Waals surface area (Å²) in [5.41, 5.74) is 7.21. The molecule has 2 heterocycles. The van der Waals surface area contributed by atoms with E-state index < -0.39 is 0 Å². The van der Waals surface area contributed by atoms with Crippen LogP contribution in [0.4, 0.5) is 5.82 Å². The zero-order valence-electron chi connectivity index (χ0n) is 10.4. The molecule has 0 amide bonds. The van der Waals surface area contributed by atoms with Crippen LogP contribution in [0.3, 0.4) is 0 Å². The van der Waals surface area contributed by atoms with Gasteiger partial charge in [-0.3, -0.25) is 0 Å². The second kappa shape index (κ2) is 4.45. The minimum Gasteiger partial charge on any atom is -0.384 e. The van der Waals surface area contributed by atoms with Crippen molar-refractivity contribution >= 4 is 5.82 Å². The first-order chi connectivity index (χ1) is 7.61. The molecule has 1 aromatic heterocycles. The lowest BCUT2D eigenvalue weighted by Crippen LogP contribution is -2.15. The number of hydrogen-bond donors (Lipinski definition) is 1. The van der Waals surface area contributed by atoms with E-state index in [2.05, 4.69) is 13.8 Å². The Morgan fingerprint density at radius 2 is 2.00 bits per heavy atom. The van der Waals surface area contributed by atoms with Crippen molar-refractivity contribution < 1.29 is 4.74 Å². The summed E-state index contributed by atoms with van der Waals surface area (Å²) < 4.78 is 7.39. The Hall–Kier alpha value is -1.03. The molecule has 0 unspecified atom stereocenters. The van der Waals surface area contributed by atoms with Crippen molar-refractivity contribution in [2.24, 2.45) is 7.05 Å². The van der Waals surface area contributed by atoms with Crippen LogP contribution in [-0.2, 0) is 11.8 Å². The zero-order valence-corrected chi connectivity index (χ0v) is 10.4. The van der Waals surface area contributed by atoms with Crippen molar-refractivity contribution in [3.63, 3.8) is 0 Å². The molecule has 1 aliphatic rings.